The third kappa shape index (κ3) is 3.58. The monoisotopic (exact) mass is 276 g/mol. The molecule has 110 valence electrons. The summed E-state index contributed by atoms with van der Waals surface area (Å²) in [6.07, 6.45) is 2.04. The first-order chi connectivity index (χ1) is 9.61. The van der Waals surface area contributed by atoms with Crippen LogP contribution in [0.3, 0.4) is 0 Å². The number of aliphatic hydroxyl groups is 1. The Kier molecular flexibility index (Phi) is 5.15. The number of anilines is 1. The maximum atomic E-state index is 11.8. The molecule has 1 aromatic carbocycles. The highest BCUT2D eigenvalue weighted by Gasteiger charge is 2.22. The Balaban J connectivity index is 2.03. The van der Waals surface area contributed by atoms with Gasteiger partial charge in [-0.1, -0.05) is 19.1 Å². The van der Waals surface area contributed by atoms with Crippen LogP contribution < -0.4 is 10.2 Å². The van der Waals surface area contributed by atoms with E-state index >= 15 is 0 Å². The minimum atomic E-state index is -0.305. The molecule has 0 saturated carbocycles. The van der Waals surface area contributed by atoms with E-state index in [-0.39, 0.29) is 18.1 Å². The van der Waals surface area contributed by atoms with E-state index in [1.54, 1.807) is 0 Å². The molecule has 0 bridgehead atoms. The van der Waals surface area contributed by atoms with E-state index in [1.165, 1.54) is 0 Å². The molecule has 1 saturated heterocycles. The molecule has 1 fully saturated rings. The summed E-state index contributed by atoms with van der Waals surface area (Å²) < 4.78 is 0. The van der Waals surface area contributed by atoms with Crippen LogP contribution in [0.25, 0.3) is 0 Å². The molecule has 1 heterocycles. The fraction of sp³-hybridized carbons (Fsp3) is 0.562. The summed E-state index contributed by atoms with van der Waals surface area (Å²) in [6.45, 7) is 5.45. The molecule has 2 rings (SSSR count). The molecule has 1 aliphatic rings. The number of carbonyl (C=O) groups excluding carboxylic acids is 1. The number of nitrogens with zero attached hydrogens (tertiary/aromatic N) is 1. The summed E-state index contributed by atoms with van der Waals surface area (Å²) >= 11 is 0. The van der Waals surface area contributed by atoms with Crippen LogP contribution in [0.15, 0.2) is 24.3 Å². The van der Waals surface area contributed by atoms with Gasteiger partial charge in [-0.25, -0.2) is 0 Å². The zero-order valence-corrected chi connectivity index (χ0v) is 12.3. The van der Waals surface area contributed by atoms with Gasteiger partial charge < -0.3 is 15.3 Å². The van der Waals surface area contributed by atoms with Gasteiger partial charge in [0, 0.05) is 31.2 Å². The molecule has 0 radical (unpaired) electrons. The van der Waals surface area contributed by atoms with Crippen molar-refractivity contribution in [2.24, 2.45) is 0 Å². The quantitative estimate of drug-likeness (QED) is 0.838. The Morgan fingerprint density at radius 3 is 2.90 bits per heavy atom. The van der Waals surface area contributed by atoms with Crippen LogP contribution in [0.1, 0.15) is 44.7 Å². The second-order valence-corrected chi connectivity index (χ2v) is 5.44. The van der Waals surface area contributed by atoms with E-state index in [0.717, 1.165) is 30.6 Å². The molecule has 4 nitrogen and oxygen atoms in total. The maximum absolute atomic E-state index is 11.8. The normalized spacial score (nSPS) is 18.4. The molecule has 4 heteroatoms. The summed E-state index contributed by atoms with van der Waals surface area (Å²) in [5.74, 6) is 0.212. The third-order valence-electron chi connectivity index (χ3n) is 3.89. The van der Waals surface area contributed by atoms with E-state index in [4.69, 9.17) is 0 Å². The van der Waals surface area contributed by atoms with Gasteiger partial charge in [0.1, 0.15) is 0 Å². The molecule has 0 aromatic heterocycles. The number of hydrogen-bond donors (Lipinski definition) is 2. The number of rotatable bonds is 6. The molecule has 1 aromatic rings. The summed E-state index contributed by atoms with van der Waals surface area (Å²) in [5.41, 5.74) is 2.13. The van der Waals surface area contributed by atoms with Gasteiger partial charge >= 0.3 is 0 Å². The van der Waals surface area contributed by atoms with Crippen molar-refractivity contribution < 1.29 is 9.90 Å². The van der Waals surface area contributed by atoms with Crippen molar-refractivity contribution in [2.75, 3.05) is 18.0 Å². The van der Waals surface area contributed by atoms with Crippen LogP contribution in [0.4, 0.5) is 5.69 Å². The molecule has 20 heavy (non-hydrogen) atoms. The van der Waals surface area contributed by atoms with Crippen LogP contribution in [-0.4, -0.2) is 30.2 Å². The van der Waals surface area contributed by atoms with Gasteiger partial charge in [0.05, 0.1) is 6.10 Å². The van der Waals surface area contributed by atoms with Crippen molar-refractivity contribution in [3.63, 3.8) is 0 Å². The number of hydrogen-bond acceptors (Lipinski definition) is 3. The SMILES string of the molecule is CC[C@@H](O)CNC(C)c1cccc(N2CCCC2=O)c1. The van der Waals surface area contributed by atoms with Crippen molar-refractivity contribution in [3.05, 3.63) is 29.8 Å². The first-order valence-corrected chi connectivity index (χ1v) is 7.43. The van der Waals surface area contributed by atoms with Crippen LogP contribution in [0.5, 0.6) is 0 Å². The predicted octanol–water partition coefficient (Wildman–Crippen LogP) is 2.23. The Morgan fingerprint density at radius 1 is 1.45 bits per heavy atom. The van der Waals surface area contributed by atoms with Gasteiger partial charge in [0.15, 0.2) is 0 Å². The summed E-state index contributed by atoms with van der Waals surface area (Å²) in [7, 11) is 0. The van der Waals surface area contributed by atoms with E-state index in [1.807, 2.05) is 24.0 Å². The van der Waals surface area contributed by atoms with Gasteiger partial charge in [-0.3, -0.25) is 4.79 Å². The zero-order valence-electron chi connectivity index (χ0n) is 12.3. The lowest BCUT2D eigenvalue weighted by Crippen LogP contribution is -2.29. The Hall–Kier alpha value is -1.39. The lowest BCUT2D eigenvalue weighted by molar-refractivity contribution is -0.117. The molecular formula is C16H24N2O2. The molecule has 1 aliphatic heterocycles. The fourth-order valence-corrected chi connectivity index (χ4v) is 2.46. The van der Waals surface area contributed by atoms with E-state index < -0.39 is 0 Å². The predicted molar refractivity (Wildman–Crippen MR) is 80.7 cm³/mol. The van der Waals surface area contributed by atoms with E-state index in [9.17, 15) is 9.90 Å². The van der Waals surface area contributed by atoms with Crippen molar-refractivity contribution in [1.29, 1.82) is 0 Å². The van der Waals surface area contributed by atoms with Crippen molar-refractivity contribution >= 4 is 11.6 Å². The number of amides is 1. The first-order valence-electron chi connectivity index (χ1n) is 7.43. The average Bonchev–Trinajstić information content (AvgIpc) is 2.90. The number of carbonyl (C=O) groups is 1. The van der Waals surface area contributed by atoms with Gasteiger partial charge in [0.25, 0.3) is 0 Å². The molecule has 1 unspecified atom stereocenters. The number of benzene rings is 1. The maximum Gasteiger partial charge on any atom is 0.227 e. The Morgan fingerprint density at radius 2 is 2.25 bits per heavy atom. The van der Waals surface area contributed by atoms with Crippen LogP contribution in [-0.2, 0) is 4.79 Å². The highest BCUT2D eigenvalue weighted by molar-refractivity contribution is 5.95. The summed E-state index contributed by atoms with van der Waals surface area (Å²) in [6, 6.07) is 8.26. The Bertz CT molecular complexity index is 462. The van der Waals surface area contributed by atoms with Gasteiger partial charge in [-0.15, -0.1) is 0 Å². The molecular weight excluding hydrogens is 252 g/mol. The summed E-state index contributed by atoms with van der Waals surface area (Å²) in [5, 5.41) is 12.9. The van der Waals surface area contributed by atoms with E-state index in [2.05, 4.69) is 24.4 Å². The van der Waals surface area contributed by atoms with Gasteiger partial charge in [-0.05, 0) is 37.5 Å². The lowest BCUT2D eigenvalue weighted by atomic mass is 10.1. The minimum absolute atomic E-state index is 0.161. The smallest absolute Gasteiger partial charge is 0.227 e. The van der Waals surface area contributed by atoms with Crippen LogP contribution in [0.2, 0.25) is 0 Å². The standard InChI is InChI=1S/C16H24N2O2/c1-3-15(19)11-17-12(2)13-6-4-7-14(10-13)18-9-5-8-16(18)20/h4,6-7,10,12,15,17,19H,3,5,8-9,11H2,1-2H3/t12?,15-/m1/s1. The molecule has 2 atom stereocenters. The van der Waals surface area contributed by atoms with Crippen LogP contribution >= 0.6 is 0 Å². The molecule has 0 aliphatic carbocycles. The van der Waals surface area contributed by atoms with Crippen molar-refractivity contribution in [2.45, 2.75) is 45.3 Å². The first kappa shape index (κ1) is 15.0. The largest absolute Gasteiger partial charge is 0.392 e. The Labute approximate surface area is 120 Å². The third-order valence-corrected chi connectivity index (χ3v) is 3.89. The highest BCUT2D eigenvalue weighted by Crippen LogP contribution is 2.24. The number of aliphatic hydroxyl groups excluding tert-OH is 1. The van der Waals surface area contributed by atoms with E-state index in [0.29, 0.717) is 13.0 Å². The second-order valence-electron chi connectivity index (χ2n) is 5.44. The second kappa shape index (κ2) is 6.86. The number of nitrogens with one attached hydrogen (secondary N) is 1. The summed E-state index contributed by atoms with van der Waals surface area (Å²) in [4.78, 5) is 13.6. The topological polar surface area (TPSA) is 52.6 Å². The van der Waals surface area contributed by atoms with Gasteiger partial charge in [0.2, 0.25) is 5.91 Å². The molecule has 0 spiro atoms. The minimum Gasteiger partial charge on any atom is -0.392 e. The van der Waals surface area contributed by atoms with Crippen molar-refractivity contribution in [1.82, 2.24) is 5.32 Å². The van der Waals surface area contributed by atoms with Gasteiger partial charge in [-0.2, -0.15) is 0 Å². The van der Waals surface area contributed by atoms with Crippen LogP contribution in [0, 0.1) is 0 Å². The van der Waals surface area contributed by atoms with Crippen molar-refractivity contribution in [3.8, 4) is 0 Å². The lowest BCUT2D eigenvalue weighted by Gasteiger charge is -2.20. The fourth-order valence-electron chi connectivity index (χ4n) is 2.46. The average molecular weight is 276 g/mol. The highest BCUT2D eigenvalue weighted by atomic mass is 16.3. The zero-order chi connectivity index (χ0) is 14.5. The molecule has 1 amide bonds. The molecule has 2 N–H and O–H groups in total.